The maximum Gasteiger partial charge on any atom is 0.341 e. The largest absolute Gasteiger partial charge is 0.467 e. The molecular formula is C18H20N2O4. The summed E-state index contributed by atoms with van der Waals surface area (Å²) in [6.45, 7) is 2.45. The van der Waals surface area contributed by atoms with Crippen LogP contribution in [-0.2, 0) is 16.1 Å². The zero-order valence-electron chi connectivity index (χ0n) is 13.7. The molecular weight excluding hydrogens is 308 g/mol. The number of carbonyl (C=O) groups excluding carboxylic acids is 2. The Labute approximate surface area is 140 Å². The molecule has 126 valence electrons. The molecule has 1 aromatic carbocycles. The Hall–Kier alpha value is -2.76. The van der Waals surface area contributed by atoms with Crippen molar-refractivity contribution in [3.63, 3.8) is 0 Å². The zero-order chi connectivity index (χ0) is 17.3. The summed E-state index contributed by atoms with van der Waals surface area (Å²) in [5.41, 5.74) is 7.84. The van der Waals surface area contributed by atoms with Crippen LogP contribution in [-0.4, -0.2) is 25.0 Å². The molecule has 0 bridgehead atoms. The lowest BCUT2D eigenvalue weighted by Crippen LogP contribution is -2.41. The van der Waals surface area contributed by atoms with Crippen LogP contribution < -0.4 is 10.6 Å². The molecule has 1 amide bonds. The number of hydrogen-bond donors (Lipinski definition) is 1. The average molecular weight is 328 g/mol. The van der Waals surface area contributed by atoms with Crippen molar-refractivity contribution in [1.29, 1.82) is 0 Å². The highest BCUT2D eigenvalue weighted by Gasteiger charge is 2.34. The number of primary amides is 1. The lowest BCUT2D eigenvalue weighted by atomic mass is 9.85. The van der Waals surface area contributed by atoms with Crippen LogP contribution in [0.4, 0.5) is 5.69 Å². The summed E-state index contributed by atoms with van der Waals surface area (Å²) in [7, 11) is 1.34. The molecule has 0 radical (unpaired) electrons. The molecule has 1 aromatic heterocycles. The summed E-state index contributed by atoms with van der Waals surface area (Å²) in [4.78, 5) is 25.8. The molecule has 0 aliphatic carbocycles. The first-order valence-corrected chi connectivity index (χ1v) is 7.82. The van der Waals surface area contributed by atoms with E-state index in [4.69, 9.17) is 14.9 Å². The van der Waals surface area contributed by atoms with E-state index in [9.17, 15) is 9.59 Å². The quantitative estimate of drug-likeness (QED) is 0.871. The summed E-state index contributed by atoms with van der Waals surface area (Å²) >= 11 is 0. The first-order chi connectivity index (χ1) is 11.5. The molecule has 0 unspecified atom stereocenters. The smallest absolute Gasteiger partial charge is 0.341 e. The maximum atomic E-state index is 11.8. The van der Waals surface area contributed by atoms with E-state index in [0.29, 0.717) is 24.3 Å². The monoisotopic (exact) mass is 328 g/mol. The minimum atomic E-state index is -0.424. The van der Waals surface area contributed by atoms with Gasteiger partial charge in [-0.1, -0.05) is 18.2 Å². The molecule has 0 saturated heterocycles. The molecule has 3 rings (SSSR count). The molecule has 2 atom stereocenters. The molecule has 6 nitrogen and oxygen atoms in total. The first-order valence-electron chi connectivity index (χ1n) is 7.82. The first kappa shape index (κ1) is 16.1. The van der Waals surface area contributed by atoms with Crippen LogP contribution >= 0.6 is 0 Å². The van der Waals surface area contributed by atoms with E-state index < -0.39 is 5.97 Å². The van der Waals surface area contributed by atoms with Crippen LogP contribution in [0.25, 0.3) is 0 Å². The predicted octanol–water partition coefficient (Wildman–Crippen LogP) is 2.43. The van der Waals surface area contributed by atoms with Crippen molar-refractivity contribution in [3.8, 4) is 0 Å². The standard InChI is InChI=1S/C18H20N2O4/c1-11-9-14(17(19)21)12-5-3-4-6-15(12)20(11)10-16-13(7-8-24-16)18(22)23-2/h3-8,11,14H,9-10H2,1-2H3,(H2,19,21)/t11-,14-/m1/s1. The Morgan fingerprint density at radius 2 is 2.08 bits per heavy atom. The molecule has 0 saturated carbocycles. The third-order valence-corrected chi connectivity index (χ3v) is 4.54. The molecule has 1 aliphatic heterocycles. The Morgan fingerprint density at radius 3 is 2.79 bits per heavy atom. The molecule has 2 N–H and O–H groups in total. The van der Waals surface area contributed by atoms with E-state index in [1.807, 2.05) is 31.2 Å². The van der Waals surface area contributed by atoms with Crippen molar-refractivity contribution in [2.75, 3.05) is 12.0 Å². The Balaban J connectivity index is 1.97. The average Bonchev–Trinajstić information content (AvgIpc) is 3.04. The number of carbonyl (C=O) groups is 2. The topological polar surface area (TPSA) is 85.8 Å². The van der Waals surface area contributed by atoms with Crippen molar-refractivity contribution in [1.82, 2.24) is 0 Å². The van der Waals surface area contributed by atoms with Gasteiger partial charge in [-0.3, -0.25) is 4.79 Å². The molecule has 2 aromatic rings. The Morgan fingerprint density at radius 1 is 1.33 bits per heavy atom. The van der Waals surface area contributed by atoms with Gasteiger partial charge >= 0.3 is 5.97 Å². The number of methoxy groups -OCH3 is 1. The van der Waals surface area contributed by atoms with Gasteiger partial charge in [0.2, 0.25) is 5.91 Å². The number of amides is 1. The van der Waals surface area contributed by atoms with Gasteiger partial charge in [-0.2, -0.15) is 0 Å². The third kappa shape index (κ3) is 2.75. The zero-order valence-corrected chi connectivity index (χ0v) is 13.7. The Kier molecular flexibility index (Phi) is 4.29. The second kappa shape index (κ2) is 6.39. The summed E-state index contributed by atoms with van der Waals surface area (Å²) in [5, 5.41) is 0. The van der Waals surface area contributed by atoms with E-state index >= 15 is 0 Å². The Bertz CT molecular complexity index is 768. The minimum absolute atomic E-state index is 0.0768. The molecule has 2 heterocycles. The maximum absolute atomic E-state index is 11.8. The van der Waals surface area contributed by atoms with Gasteiger partial charge in [0.1, 0.15) is 11.3 Å². The van der Waals surface area contributed by atoms with Gasteiger partial charge in [0.25, 0.3) is 0 Å². The number of ether oxygens (including phenoxy) is 1. The minimum Gasteiger partial charge on any atom is -0.467 e. The normalized spacial score (nSPS) is 19.7. The number of nitrogens with zero attached hydrogens (tertiary/aromatic N) is 1. The fourth-order valence-electron chi connectivity index (χ4n) is 3.30. The van der Waals surface area contributed by atoms with E-state index in [1.54, 1.807) is 6.07 Å². The van der Waals surface area contributed by atoms with Gasteiger partial charge in [0.05, 0.1) is 25.8 Å². The summed E-state index contributed by atoms with van der Waals surface area (Å²) in [6, 6.07) is 9.39. The van der Waals surface area contributed by atoms with Crippen molar-refractivity contribution in [2.45, 2.75) is 31.8 Å². The van der Waals surface area contributed by atoms with Crippen LogP contribution in [0.1, 0.15) is 40.9 Å². The van der Waals surface area contributed by atoms with Gasteiger partial charge < -0.3 is 19.8 Å². The SMILES string of the molecule is COC(=O)c1ccoc1CN1c2ccccc2[C@H](C(N)=O)C[C@H]1C. The number of para-hydroxylation sites is 1. The van der Waals surface area contributed by atoms with Crippen LogP contribution in [0.5, 0.6) is 0 Å². The summed E-state index contributed by atoms with van der Waals surface area (Å²) in [6.07, 6.45) is 2.11. The van der Waals surface area contributed by atoms with Gasteiger partial charge in [-0.05, 0) is 31.0 Å². The van der Waals surface area contributed by atoms with Crippen molar-refractivity contribution in [2.24, 2.45) is 5.73 Å². The van der Waals surface area contributed by atoms with Crippen LogP contribution in [0.15, 0.2) is 41.0 Å². The molecule has 0 spiro atoms. The summed E-state index contributed by atoms with van der Waals surface area (Å²) < 4.78 is 10.3. The summed E-state index contributed by atoms with van der Waals surface area (Å²) in [5.74, 6) is -0.501. The van der Waals surface area contributed by atoms with E-state index in [-0.39, 0.29) is 17.9 Å². The number of furan rings is 1. The number of nitrogens with two attached hydrogens (primary N) is 1. The lowest BCUT2D eigenvalue weighted by Gasteiger charge is -2.39. The fourth-order valence-corrected chi connectivity index (χ4v) is 3.30. The highest BCUT2D eigenvalue weighted by atomic mass is 16.5. The third-order valence-electron chi connectivity index (χ3n) is 4.54. The second-order valence-electron chi connectivity index (χ2n) is 5.98. The highest BCUT2D eigenvalue weighted by molar-refractivity contribution is 5.90. The van der Waals surface area contributed by atoms with Gasteiger partial charge in [-0.25, -0.2) is 4.79 Å². The molecule has 1 aliphatic rings. The van der Waals surface area contributed by atoms with Gasteiger partial charge in [0, 0.05) is 11.7 Å². The molecule has 24 heavy (non-hydrogen) atoms. The number of fused-ring (bicyclic) bond motifs is 1. The fraction of sp³-hybridized carbons (Fsp3) is 0.333. The number of anilines is 1. The highest BCUT2D eigenvalue weighted by Crippen LogP contribution is 2.39. The number of esters is 1. The lowest BCUT2D eigenvalue weighted by molar-refractivity contribution is -0.119. The molecule has 6 heteroatoms. The van der Waals surface area contributed by atoms with Gasteiger partial charge in [-0.15, -0.1) is 0 Å². The van der Waals surface area contributed by atoms with E-state index in [1.165, 1.54) is 13.4 Å². The number of benzene rings is 1. The van der Waals surface area contributed by atoms with E-state index in [0.717, 1.165) is 11.3 Å². The van der Waals surface area contributed by atoms with Crippen LogP contribution in [0.3, 0.4) is 0 Å². The second-order valence-corrected chi connectivity index (χ2v) is 5.98. The number of hydrogen-bond acceptors (Lipinski definition) is 5. The van der Waals surface area contributed by atoms with Crippen molar-refractivity contribution >= 4 is 17.6 Å². The molecule has 0 fully saturated rings. The van der Waals surface area contributed by atoms with Crippen molar-refractivity contribution < 1.29 is 18.7 Å². The van der Waals surface area contributed by atoms with E-state index in [2.05, 4.69) is 4.90 Å². The van der Waals surface area contributed by atoms with Crippen molar-refractivity contribution in [3.05, 3.63) is 53.5 Å². The van der Waals surface area contributed by atoms with Gasteiger partial charge in [0.15, 0.2) is 0 Å². The van der Waals surface area contributed by atoms with Crippen LogP contribution in [0, 0.1) is 0 Å². The number of rotatable bonds is 4. The predicted molar refractivity (Wildman–Crippen MR) is 88.7 cm³/mol. The van der Waals surface area contributed by atoms with Crippen LogP contribution in [0.2, 0.25) is 0 Å².